The molecule has 2 unspecified atom stereocenters. The van der Waals surface area contributed by atoms with Crippen molar-refractivity contribution in [1.29, 1.82) is 0 Å². The van der Waals surface area contributed by atoms with Gasteiger partial charge in [0.15, 0.2) is 12.2 Å². The van der Waals surface area contributed by atoms with Crippen LogP contribution in [0.5, 0.6) is 0 Å². The van der Waals surface area contributed by atoms with Crippen molar-refractivity contribution in [3.63, 3.8) is 0 Å². The minimum Gasteiger partial charge on any atom is -0.462 e. The number of allylic oxidation sites excluding steroid dienone is 12. The van der Waals surface area contributed by atoms with Crippen molar-refractivity contribution in [2.24, 2.45) is 0 Å². The Morgan fingerprint density at radius 1 is 0.279 bits per heavy atom. The van der Waals surface area contributed by atoms with Gasteiger partial charge in [-0.3, -0.25) is 37.3 Å². The number of aliphatic hydroxyl groups excluding tert-OH is 1. The molecule has 0 aliphatic rings. The molecule has 0 radical (unpaired) electrons. The van der Waals surface area contributed by atoms with Crippen molar-refractivity contribution >= 4 is 39.5 Å². The van der Waals surface area contributed by atoms with E-state index in [-0.39, 0.29) is 25.7 Å². The van der Waals surface area contributed by atoms with Gasteiger partial charge in [-0.2, -0.15) is 0 Å². The molecular weight excluding hydrogens is 1350 g/mol. The number of phosphoric acid groups is 2. The predicted octanol–water partition coefficient (Wildman–Crippen LogP) is 24.8. The van der Waals surface area contributed by atoms with E-state index in [1.807, 2.05) is 0 Å². The highest BCUT2D eigenvalue weighted by atomic mass is 31.2. The monoisotopic (exact) mass is 1510 g/mol. The van der Waals surface area contributed by atoms with Gasteiger partial charge in [0.25, 0.3) is 0 Å². The number of phosphoric ester groups is 2. The largest absolute Gasteiger partial charge is 0.472 e. The van der Waals surface area contributed by atoms with Crippen molar-refractivity contribution in [2.75, 3.05) is 39.6 Å². The summed E-state index contributed by atoms with van der Waals surface area (Å²) in [5, 5.41) is 10.7. The molecule has 17 nitrogen and oxygen atoms in total. The SMILES string of the molecule is CC/C=C\C/C=C\C/C=C\C/C=C\C/C=C\CCCCCC(=O)OC[C@H](COP(=O)(O)OC[C@@H](O)COP(=O)(O)OC[C@@H](COC(=O)CCCCCCC/C=C\CCCCCCCC)OC(=O)CCCCCCCCCCCCCCCCC)OC(=O)CCCCCCCCCCCCCCCCC. The number of hydrogen-bond donors (Lipinski definition) is 3. The van der Waals surface area contributed by atoms with E-state index in [2.05, 4.69) is 101 Å². The maximum atomic E-state index is 13.1. The van der Waals surface area contributed by atoms with Gasteiger partial charge in [0, 0.05) is 25.7 Å². The van der Waals surface area contributed by atoms with Crippen LogP contribution in [0.4, 0.5) is 0 Å². The van der Waals surface area contributed by atoms with Crippen LogP contribution < -0.4 is 0 Å². The zero-order valence-corrected chi connectivity index (χ0v) is 68.2. The fraction of sp³-hybridized carbons (Fsp3) is 0.812. The molecule has 0 amide bonds. The van der Waals surface area contributed by atoms with Gasteiger partial charge in [-0.15, -0.1) is 0 Å². The highest BCUT2D eigenvalue weighted by Gasteiger charge is 2.30. The molecular formula is C85H154O17P2. The summed E-state index contributed by atoms with van der Waals surface area (Å²) in [4.78, 5) is 73.1. The average molecular weight is 1510 g/mol. The van der Waals surface area contributed by atoms with E-state index in [4.69, 9.17) is 37.0 Å². The molecule has 0 saturated carbocycles. The third-order valence-corrected chi connectivity index (χ3v) is 20.1. The van der Waals surface area contributed by atoms with Gasteiger partial charge in [-0.1, -0.05) is 338 Å². The Kier molecular flexibility index (Phi) is 75.0. The van der Waals surface area contributed by atoms with E-state index in [1.54, 1.807) is 0 Å². The number of hydrogen-bond acceptors (Lipinski definition) is 15. The van der Waals surface area contributed by atoms with Crippen LogP contribution >= 0.6 is 15.6 Å². The fourth-order valence-corrected chi connectivity index (χ4v) is 13.4. The van der Waals surface area contributed by atoms with Crippen molar-refractivity contribution in [1.82, 2.24) is 0 Å². The summed E-state index contributed by atoms with van der Waals surface area (Å²) in [7, 11) is -9.96. The van der Waals surface area contributed by atoms with Gasteiger partial charge in [-0.25, -0.2) is 9.13 Å². The van der Waals surface area contributed by atoms with E-state index in [1.165, 1.54) is 167 Å². The van der Waals surface area contributed by atoms with Crippen LogP contribution in [0.25, 0.3) is 0 Å². The Morgan fingerprint density at radius 3 is 0.788 bits per heavy atom. The zero-order chi connectivity index (χ0) is 76.0. The first-order chi connectivity index (χ1) is 50.7. The maximum absolute atomic E-state index is 13.1. The molecule has 3 N–H and O–H groups in total. The van der Waals surface area contributed by atoms with Crippen molar-refractivity contribution < 1.29 is 80.2 Å². The second kappa shape index (κ2) is 77.7. The van der Waals surface area contributed by atoms with Crippen molar-refractivity contribution in [2.45, 2.75) is 406 Å². The van der Waals surface area contributed by atoms with Gasteiger partial charge in [0.05, 0.1) is 26.4 Å². The van der Waals surface area contributed by atoms with Gasteiger partial charge in [-0.05, 0) is 96.3 Å². The number of rotatable bonds is 80. The highest BCUT2D eigenvalue weighted by Crippen LogP contribution is 2.45. The summed E-state index contributed by atoms with van der Waals surface area (Å²) in [6, 6.07) is 0. The minimum atomic E-state index is -4.98. The highest BCUT2D eigenvalue weighted by molar-refractivity contribution is 7.47. The summed E-state index contributed by atoms with van der Waals surface area (Å²) >= 11 is 0. The third-order valence-electron chi connectivity index (χ3n) is 18.2. The van der Waals surface area contributed by atoms with Gasteiger partial charge in [0.2, 0.25) is 0 Å². The minimum absolute atomic E-state index is 0.0929. The molecule has 0 saturated heterocycles. The van der Waals surface area contributed by atoms with Crippen LogP contribution in [0.3, 0.4) is 0 Å². The first-order valence-electron chi connectivity index (χ1n) is 42.2. The second-order valence-electron chi connectivity index (χ2n) is 28.4. The lowest BCUT2D eigenvalue weighted by Gasteiger charge is -2.21. The molecule has 0 aromatic rings. The van der Waals surface area contributed by atoms with E-state index in [0.29, 0.717) is 25.7 Å². The van der Waals surface area contributed by atoms with Gasteiger partial charge in [0.1, 0.15) is 19.3 Å². The van der Waals surface area contributed by atoms with Crippen LogP contribution in [0.15, 0.2) is 72.9 Å². The molecule has 5 atom stereocenters. The Balaban J connectivity index is 5.36. The summed E-state index contributed by atoms with van der Waals surface area (Å²) in [6.07, 6.45) is 80.1. The van der Waals surface area contributed by atoms with Crippen LogP contribution in [-0.2, 0) is 65.4 Å². The molecule has 0 spiro atoms. The molecule has 0 aliphatic carbocycles. The average Bonchev–Trinajstić information content (AvgIpc) is 0.918. The lowest BCUT2D eigenvalue weighted by Crippen LogP contribution is -2.30. The number of carbonyl (C=O) groups excluding carboxylic acids is 4. The standard InChI is InChI=1S/C85H154O17P2/c1-5-9-13-17-21-25-29-33-37-38-39-40-44-46-50-54-58-62-66-70-83(88)96-76-81(102-85(90)72-68-64-60-56-52-48-43-36-32-28-24-20-16-12-8-4)78-100-104(93,94)98-74-79(86)73-97-103(91,92)99-77-80(101-84(89)71-67-63-59-55-51-47-42-35-31-27-23-19-15-11-7-3)75-95-82(87)69-65-61-57-53-49-45-41-34-30-26-22-18-14-10-6-2/h9,13,21,25,33-34,37,39-41,46,50,79-81,86H,5-8,10-12,14-20,22-24,26-32,35-36,38,42-45,47-49,51-78H2,1-4H3,(H,91,92)(H,93,94)/b13-9-,25-21-,37-33-,40-39-,41-34-,50-46-/t79-,80+,81+/m0/s1. The van der Waals surface area contributed by atoms with Crippen LogP contribution in [0.1, 0.15) is 387 Å². The van der Waals surface area contributed by atoms with Crippen LogP contribution in [-0.4, -0.2) is 96.7 Å². The number of esters is 4. The Labute approximate surface area is 634 Å². The Morgan fingerprint density at radius 2 is 0.500 bits per heavy atom. The molecule has 0 bridgehead atoms. The number of aliphatic hydroxyl groups is 1. The van der Waals surface area contributed by atoms with E-state index in [9.17, 15) is 43.2 Å². The molecule has 19 heteroatoms. The number of ether oxygens (including phenoxy) is 4. The van der Waals surface area contributed by atoms with Gasteiger partial charge < -0.3 is 33.8 Å². The molecule has 0 aromatic heterocycles. The lowest BCUT2D eigenvalue weighted by molar-refractivity contribution is -0.161. The van der Waals surface area contributed by atoms with E-state index < -0.39 is 97.5 Å². The molecule has 606 valence electrons. The van der Waals surface area contributed by atoms with E-state index >= 15 is 0 Å². The Hall–Kier alpha value is -3.50. The molecule has 104 heavy (non-hydrogen) atoms. The van der Waals surface area contributed by atoms with Crippen LogP contribution in [0.2, 0.25) is 0 Å². The number of unbranched alkanes of at least 4 members (excludes halogenated alkanes) is 42. The molecule has 0 aliphatic heterocycles. The third kappa shape index (κ3) is 76.7. The van der Waals surface area contributed by atoms with Crippen LogP contribution in [0, 0.1) is 0 Å². The van der Waals surface area contributed by atoms with Gasteiger partial charge >= 0.3 is 39.5 Å². The molecule has 0 rings (SSSR count). The first kappa shape index (κ1) is 100. The summed E-state index contributed by atoms with van der Waals surface area (Å²) in [5.41, 5.74) is 0. The quantitative estimate of drug-likeness (QED) is 0.0169. The molecule has 0 fully saturated rings. The second-order valence-corrected chi connectivity index (χ2v) is 31.3. The summed E-state index contributed by atoms with van der Waals surface area (Å²) < 4.78 is 68.7. The summed E-state index contributed by atoms with van der Waals surface area (Å²) in [6.45, 7) is 4.81. The molecule has 0 aromatic carbocycles. The predicted molar refractivity (Wildman–Crippen MR) is 427 cm³/mol. The van der Waals surface area contributed by atoms with Crippen molar-refractivity contribution in [3.8, 4) is 0 Å². The number of carbonyl (C=O) groups is 4. The zero-order valence-electron chi connectivity index (χ0n) is 66.5. The van der Waals surface area contributed by atoms with Crippen molar-refractivity contribution in [3.05, 3.63) is 72.9 Å². The topological polar surface area (TPSA) is 237 Å². The maximum Gasteiger partial charge on any atom is 0.472 e. The smallest absolute Gasteiger partial charge is 0.462 e. The summed E-state index contributed by atoms with van der Waals surface area (Å²) in [5.74, 6) is -2.18. The normalized spacial score (nSPS) is 14.2. The van der Waals surface area contributed by atoms with E-state index in [0.717, 1.165) is 141 Å². The Bertz CT molecular complexity index is 2250. The lowest BCUT2D eigenvalue weighted by atomic mass is 10.0. The molecule has 0 heterocycles. The first-order valence-corrected chi connectivity index (χ1v) is 45.2. The fourth-order valence-electron chi connectivity index (χ4n) is 11.8.